The normalized spacial score (nSPS) is 9.64. The number of pyridine rings is 1. The van der Waals surface area contributed by atoms with E-state index in [1.165, 1.54) is 0 Å². The molecule has 1 radical (unpaired) electrons. The molecule has 0 unspecified atom stereocenters. The van der Waals surface area contributed by atoms with E-state index in [9.17, 15) is 0 Å². The number of rotatable bonds is 3. The van der Waals surface area contributed by atoms with Gasteiger partial charge in [0.25, 0.3) is 0 Å². The molecular formula is C7H10BN2O. The minimum atomic E-state index is 0.190. The topological polar surface area (TPSA) is 48.1 Å². The van der Waals surface area contributed by atoms with Crippen molar-refractivity contribution in [3.05, 3.63) is 23.9 Å². The van der Waals surface area contributed by atoms with Gasteiger partial charge in [-0.2, -0.15) is 0 Å². The summed E-state index contributed by atoms with van der Waals surface area (Å²) in [4.78, 5) is 4.04. The highest BCUT2D eigenvalue weighted by Crippen LogP contribution is 1.88. The second-order valence-electron chi connectivity index (χ2n) is 2.21. The summed E-state index contributed by atoms with van der Waals surface area (Å²) in [7, 11) is 1.55. The van der Waals surface area contributed by atoms with Crippen LogP contribution in [0.15, 0.2) is 18.3 Å². The van der Waals surface area contributed by atoms with E-state index in [0.29, 0.717) is 0 Å². The smallest absolute Gasteiger partial charge is 0.352 e. The molecule has 3 nitrogen and oxygen atoms in total. The van der Waals surface area contributed by atoms with E-state index in [-0.39, 0.29) is 6.73 Å². The Morgan fingerprint density at radius 1 is 1.73 bits per heavy atom. The lowest BCUT2D eigenvalue weighted by Gasteiger charge is -1.98. The van der Waals surface area contributed by atoms with E-state index in [1.807, 2.05) is 19.1 Å². The molecule has 0 saturated heterocycles. The Kier molecular flexibility index (Phi) is 3.07. The molecule has 1 aromatic heterocycles. The molecule has 0 aromatic carbocycles. The molecule has 0 aliphatic carbocycles. The standard InChI is InChI=1S/C7H10BN2O/c1-6-2-3-10-7(4-6)8-11-5-9/h2-4H,5,9H2,1H3. The molecule has 0 bridgehead atoms. The number of hydrogen-bond acceptors (Lipinski definition) is 3. The molecule has 0 spiro atoms. The first-order chi connectivity index (χ1) is 5.33. The zero-order valence-corrected chi connectivity index (χ0v) is 6.45. The van der Waals surface area contributed by atoms with Crippen LogP contribution in [0.1, 0.15) is 5.56 Å². The van der Waals surface area contributed by atoms with Crippen molar-refractivity contribution in [2.75, 3.05) is 6.73 Å². The van der Waals surface area contributed by atoms with Gasteiger partial charge in [0.15, 0.2) is 0 Å². The molecule has 0 fully saturated rings. The summed E-state index contributed by atoms with van der Waals surface area (Å²) in [5.41, 5.74) is 7.09. The summed E-state index contributed by atoms with van der Waals surface area (Å²) < 4.78 is 4.86. The maximum absolute atomic E-state index is 5.13. The van der Waals surface area contributed by atoms with Crippen molar-refractivity contribution in [2.24, 2.45) is 5.73 Å². The summed E-state index contributed by atoms with van der Waals surface area (Å²) in [6, 6.07) is 3.86. The van der Waals surface area contributed by atoms with E-state index in [0.717, 1.165) is 11.2 Å². The van der Waals surface area contributed by atoms with Crippen LogP contribution in [0.2, 0.25) is 0 Å². The van der Waals surface area contributed by atoms with Gasteiger partial charge in [0.2, 0.25) is 0 Å². The van der Waals surface area contributed by atoms with Gasteiger partial charge in [-0.05, 0) is 24.6 Å². The largest absolute Gasteiger partial charge is 0.421 e. The Hall–Kier alpha value is -0.865. The Balaban J connectivity index is 2.56. The van der Waals surface area contributed by atoms with Crippen LogP contribution in [-0.4, -0.2) is 19.2 Å². The Labute approximate surface area is 66.9 Å². The van der Waals surface area contributed by atoms with E-state index in [2.05, 4.69) is 4.98 Å². The zero-order valence-electron chi connectivity index (χ0n) is 6.45. The Bertz CT molecular complexity index is 229. The molecule has 0 saturated carbocycles. The molecule has 2 N–H and O–H groups in total. The zero-order chi connectivity index (χ0) is 8.10. The van der Waals surface area contributed by atoms with Crippen molar-refractivity contribution in [1.29, 1.82) is 0 Å². The molecule has 4 heteroatoms. The number of hydrogen-bond donors (Lipinski definition) is 1. The maximum Gasteiger partial charge on any atom is 0.352 e. The molecule has 0 amide bonds. The lowest BCUT2D eigenvalue weighted by Crippen LogP contribution is -2.23. The highest BCUT2D eigenvalue weighted by atomic mass is 16.4. The minimum Gasteiger partial charge on any atom is -0.421 e. The van der Waals surface area contributed by atoms with Crippen LogP contribution >= 0.6 is 0 Å². The van der Waals surface area contributed by atoms with Crippen LogP contribution in [0.3, 0.4) is 0 Å². The van der Waals surface area contributed by atoms with Crippen LogP contribution < -0.4 is 11.3 Å². The van der Waals surface area contributed by atoms with Gasteiger partial charge in [0.05, 0.1) is 6.73 Å². The van der Waals surface area contributed by atoms with Gasteiger partial charge in [-0.15, -0.1) is 0 Å². The highest BCUT2D eigenvalue weighted by molar-refractivity contribution is 6.45. The summed E-state index contributed by atoms with van der Waals surface area (Å²) in [6.07, 6.45) is 1.74. The van der Waals surface area contributed by atoms with Crippen molar-refractivity contribution in [1.82, 2.24) is 4.98 Å². The maximum atomic E-state index is 5.13. The lowest BCUT2D eigenvalue weighted by molar-refractivity contribution is 0.355. The predicted molar refractivity (Wildman–Crippen MR) is 44.5 cm³/mol. The molecule has 0 aliphatic rings. The SMILES string of the molecule is Cc1ccnc([B]OCN)c1. The molecular weight excluding hydrogens is 139 g/mol. The van der Waals surface area contributed by atoms with Crippen LogP contribution in [0.4, 0.5) is 0 Å². The molecule has 11 heavy (non-hydrogen) atoms. The Morgan fingerprint density at radius 3 is 3.18 bits per heavy atom. The van der Waals surface area contributed by atoms with E-state index < -0.39 is 0 Å². The highest BCUT2D eigenvalue weighted by Gasteiger charge is 1.96. The monoisotopic (exact) mass is 149 g/mol. The van der Waals surface area contributed by atoms with Crippen molar-refractivity contribution < 1.29 is 4.65 Å². The average molecular weight is 149 g/mol. The molecule has 1 rings (SSSR count). The fraction of sp³-hybridized carbons (Fsp3) is 0.286. The molecule has 57 valence electrons. The molecule has 1 aromatic rings. The van der Waals surface area contributed by atoms with Gasteiger partial charge in [0, 0.05) is 11.8 Å². The fourth-order valence-corrected chi connectivity index (χ4v) is 0.757. The van der Waals surface area contributed by atoms with Gasteiger partial charge in [-0.3, -0.25) is 4.98 Å². The third-order valence-corrected chi connectivity index (χ3v) is 1.24. The lowest BCUT2D eigenvalue weighted by atomic mass is 9.93. The van der Waals surface area contributed by atoms with Crippen LogP contribution in [0, 0.1) is 6.92 Å². The van der Waals surface area contributed by atoms with Crippen LogP contribution in [0.25, 0.3) is 0 Å². The van der Waals surface area contributed by atoms with E-state index >= 15 is 0 Å². The first-order valence-corrected chi connectivity index (χ1v) is 3.40. The third-order valence-electron chi connectivity index (χ3n) is 1.24. The van der Waals surface area contributed by atoms with Gasteiger partial charge < -0.3 is 10.4 Å². The average Bonchev–Trinajstić information content (AvgIpc) is 2.01. The van der Waals surface area contributed by atoms with Crippen molar-refractivity contribution in [2.45, 2.75) is 6.92 Å². The third kappa shape index (κ3) is 2.70. The molecule has 0 atom stereocenters. The van der Waals surface area contributed by atoms with E-state index in [4.69, 9.17) is 10.4 Å². The van der Waals surface area contributed by atoms with Gasteiger partial charge in [-0.25, -0.2) is 0 Å². The first kappa shape index (κ1) is 8.23. The predicted octanol–water partition coefficient (Wildman–Crippen LogP) is -0.433. The van der Waals surface area contributed by atoms with Gasteiger partial charge >= 0.3 is 7.48 Å². The second-order valence-corrected chi connectivity index (χ2v) is 2.21. The number of aromatic nitrogens is 1. The van der Waals surface area contributed by atoms with Crippen LogP contribution in [0.5, 0.6) is 0 Å². The molecule has 1 heterocycles. The molecule has 0 aliphatic heterocycles. The van der Waals surface area contributed by atoms with Crippen LogP contribution in [-0.2, 0) is 4.65 Å². The Morgan fingerprint density at radius 2 is 2.55 bits per heavy atom. The first-order valence-electron chi connectivity index (χ1n) is 3.40. The van der Waals surface area contributed by atoms with Gasteiger partial charge in [-0.1, -0.05) is 0 Å². The van der Waals surface area contributed by atoms with Crippen molar-refractivity contribution >= 4 is 13.1 Å². The van der Waals surface area contributed by atoms with Crippen molar-refractivity contribution in [3.8, 4) is 0 Å². The van der Waals surface area contributed by atoms with E-state index in [1.54, 1.807) is 13.7 Å². The summed E-state index contributed by atoms with van der Waals surface area (Å²) in [5, 5.41) is 0. The van der Waals surface area contributed by atoms with Crippen molar-refractivity contribution in [3.63, 3.8) is 0 Å². The number of aryl methyl sites for hydroxylation is 1. The second kappa shape index (κ2) is 4.11. The van der Waals surface area contributed by atoms with Gasteiger partial charge in [0.1, 0.15) is 0 Å². The fourth-order valence-electron chi connectivity index (χ4n) is 0.757. The quantitative estimate of drug-likeness (QED) is 0.468. The summed E-state index contributed by atoms with van der Waals surface area (Å²) in [6.45, 7) is 2.19. The number of nitrogens with two attached hydrogens (primary N) is 1. The summed E-state index contributed by atoms with van der Waals surface area (Å²) >= 11 is 0. The summed E-state index contributed by atoms with van der Waals surface area (Å²) in [5.74, 6) is 0. The number of nitrogens with zero attached hydrogens (tertiary/aromatic N) is 1. The minimum absolute atomic E-state index is 0.190.